The first-order valence-electron chi connectivity index (χ1n) is 9.11. The van der Waals surface area contributed by atoms with Crippen molar-refractivity contribution in [3.05, 3.63) is 107 Å². The zero-order chi connectivity index (χ0) is 17.8. The van der Waals surface area contributed by atoms with Gasteiger partial charge in [0.15, 0.2) is 0 Å². The van der Waals surface area contributed by atoms with E-state index in [2.05, 4.69) is 49.4 Å². The Morgan fingerprint density at radius 3 is 1.73 bits per heavy atom. The Labute approximate surface area is 153 Å². The van der Waals surface area contributed by atoms with Crippen molar-refractivity contribution in [2.75, 3.05) is 0 Å². The first-order chi connectivity index (χ1) is 12.7. The molecule has 2 bridgehead atoms. The van der Waals surface area contributed by atoms with Crippen LogP contribution in [-0.4, -0.2) is 6.29 Å². The lowest BCUT2D eigenvalue weighted by Crippen LogP contribution is -2.39. The molecule has 3 aromatic carbocycles. The smallest absolute Gasteiger partial charge is 0.130 e. The van der Waals surface area contributed by atoms with Gasteiger partial charge in [-0.3, -0.25) is 0 Å². The van der Waals surface area contributed by atoms with E-state index in [1.165, 1.54) is 5.56 Å². The summed E-state index contributed by atoms with van der Waals surface area (Å²) >= 11 is 0. The second-order valence-electron chi connectivity index (χ2n) is 7.30. The molecule has 0 saturated carbocycles. The van der Waals surface area contributed by atoms with Gasteiger partial charge in [0, 0.05) is 5.92 Å². The van der Waals surface area contributed by atoms with Crippen LogP contribution >= 0.6 is 0 Å². The Bertz CT molecular complexity index is 966. The Balaban J connectivity index is 1.87. The standard InChI is InChI=1S/C24H20O2/c1-17-22(16-25)24(19-12-6-3-7-13-19)21-15-9-8-14-20(21)23(17,26-24)18-10-4-2-5-11-18/h2-17,22H,1H3/t17-,22-,23-,24+/m1/s1. The number of hydrogen-bond donors (Lipinski definition) is 0. The van der Waals surface area contributed by atoms with Crippen LogP contribution in [-0.2, 0) is 20.7 Å². The van der Waals surface area contributed by atoms with Crippen molar-refractivity contribution < 1.29 is 9.53 Å². The van der Waals surface area contributed by atoms with E-state index in [-0.39, 0.29) is 11.8 Å². The molecule has 2 aliphatic heterocycles. The largest absolute Gasteiger partial charge is 0.349 e. The summed E-state index contributed by atoms with van der Waals surface area (Å²) in [6.07, 6.45) is 1.10. The quantitative estimate of drug-likeness (QED) is 0.648. The molecule has 0 radical (unpaired) electrons. The van der Waals surface area contributed by atoms with Crippen LogP contribution in [0, 0.1) is 11.8 Å². The lowest BCUT2D eigenvalue weighted by molar-refractivity contribution is -0.116. The highest BCUT2D eigenvalue weighted by Gasteiger charge is 2.69. The molecule has 0 N–H and O–H groups in total. The average Bonchev–Trinajstić information content (AvgIpc) is 3.17. The Morgan fingerprint density at radius 2 is 1.19 bits per heavy atom. The van der Waals surface area contributed by atoms with Gasteiger partial charge in [0.2, 0.25) is 0 Å². The summed E-state index contributed by atoms with van der Waals surface area (Å²) in [6.45, 7) is 2.15. The van der Waals surface area contributed by atoms with Crippen LogP contribution in [0.5, 0.6) is 0 Å². The molecule has 0 unspecified atom stereocenters. The lowest BCUT2D eigenvalue weighted by atomic mass is 9.61. The molecule has 2 nitrogen and oxygen atoms in total. The maximum absolute atomic E-state index is 12.3. The average molecular weight is 340 g/mol. The topological polar surface area (TPSA) is 26.3 Å². The molecule has 0 amide bonds. The van der Waals surface area contributed by atoms with Crippen molar-refractivity contribution in [1.29, 1.82) is 0 Å². The fourth-order valence-corrected chi connectivity index (χ4v) is 5.15. The number of fused-ring (bicyclic) bond motifs is 5. The predicted octanol–water partition coefficient (Wildman–Crippen LogP) is 4.67. The third-order valence-electron chi connectivity index (χ3n) is 6.25. The monoisotopic (exact) mass is 340 g/mol. The number of hydrogen-bond acceptors (Lipinski definition) is 2. The molecule has 2 heteroatoms. The van der Waals surface area contributed by atoms with Crippen molar-refractivity contribution in [3.63, 3.8) is 0 Å². The summed E-state index contributed by atoms with van der Waals surface area (Å²) in [4.78, 5) is 12.3. The van der Waals surface area contributed by atoms with Gasteiger partial charge in [0.1, 0.15) is 17.5 Å². The minimum Gasteiger partial charge on any atom is -0.349 e. The molecule has 2 heterocycles. The van der Waals surface area contributed by atoms with Crippen LogP contribution in [0.1, 0.15) is 29.2 Å². The molecule has 0 aromatic heterocycles. The first-order valence-corrected chi connectivity index (χ1v) is 9.11. The third-order valence-corrected chi connectivity index (χ3v) is 6.25. The summed E-state index contributed by atoms with van der Waals surface area (Å²) < 4.78 is 6.97. The van der Waals surface area contributed by atoms with Crippen LogP contribution in [0.3, 0.4) is 0 Å². The van der Waals surface area contributed by atoms with Gasteiger partial charge in [0.05, 0.1) is 5.92 Å². The molecule has 1 saturated heterocycles. The third kappa shape index (κ3) is 1.68. The highest BCUT2D eigenvalue weighted by Crippen LogP contribution is 2.67. The molecule has 0 aliphatic carbocycles. The van der Waals surface area contributed by atoms with Gasteiger partial charge in [0.25, 0.3) is 0 Å². The zero-order valence-electron chi connectivity index (χ0n) is 14.6. The Kier molecular flexibility index (Phi) is 3.22. The van der Waals surface area contributed by atoms with E-state index >= 15 is 0 Å². The van der Waals surface area contributed by atoms with Gasteiger partial charge >= 0.3 is 0 Å². The van der Waals surface area contributed by atoms with Crippen molar-refractivity contribution in [2.45, 2.75) is 18.1 Å². The van der Waals surface area contributed by atoms with E-state index in [0.29, 0.717) is 0 Å². The highest BCUT2D eigenvalue weighted by molar-refractivity contribution is 5.68. The number of rotatable bonds is 3. The normalized spacial score (nSPS) is 31.6. The number of benzene rings is 3. The molecule has 26 heavy (non-hydrogen) atoms. The number of aldehydes is 1. The number of ether oxygens (including phenoxy) is 1. The molecule has 4 atom stereocenters. The van der Waals surface area contributed by atoms with Gasteiger partial charge in [-0.2, -0.15) is 0 Å². The van der Waals surface area contributed by atoms with E-state index in [0.717, 1.165) is 23.0 Å². The Hall–Kier alpha value is -2.71. The van der Waals surface area contributed by atoms with Crippen LogP contribution in [0.15, 0.2) is 84.9 Å². The molecule has 1 fully saturated rings. The van der Waals surface area contributed by atoms with Gasteiger partial charge < -0.3 is 9.53 Å². The fraction of sp³-hybridized carbons (Fsp3) is 0.208. The zero-order valence-corrected chi connectivity index (χ0v) is 14.6. The van der Waals surface area contributed by atoms with Crippen molar-refractivity contribution >= 4 is 6.29 Å². The summed E-state index contributed by atoms with van der Waals surface area (Å²) in [7, 11) is 0. The van der Waals surface area contributed by atoms with Crippen molar-refractivity contribution in [2.24, 2.45) is 11.8 Å². The SMILES string of the molecule is C[C@@H]1[C@@H](C=O)[C@@]2(c3ccccc3)O[C@]1(c1ccccc1)c1ccccc12. The van der Waals surface area contributed by atoms with Crippen LogP contribution in [0.2, 0.25) is 0 Å². The predicted molar refractivity (Wildman–Crippen MR) is 101 cm³/mol. The molecule has 0 spiro atoms. The van der Waals surface area contributed by atoms with E-state index < -0.39 is 11.2 Å². The summed E-state index contributed by atoms with van der Waals surface area (Å²) in [5.74, 6) is -0.197. The molecular weight excluding hydrogens is 320 g/mol. The second kappa shape index (κ2) is 5.39. The van der Waals surface area contributed by atoms with Gasteiger partial charge in [-0.05, 0) is 22.3 Å². The van der Waals surface area contributed by atoms with E-state index in [4.69, 9.17) is 4.74 Å². The van der Waals surface area contributed by atoms with E-state index in [9.17, 15) is 4.79 Å². The van der Waals surface area contributed by atoms with Crippen LogP contribution in [0.4, 0.5) is 0 Å². The highest BCUT2D eigenvalue weighted by atomic mass is 16.5. The maximum atomic E-state index is 12.3. The second-order valence-corrected chi connectivity index (χ2v) is 7.30. The minimum absolute atomic E-state index is 0.0394. The van der Waals surface area contributed by atoms with Gasteiger partial charge in [-0.25, -0.2) is 0 Å². The number of carbonyl (C=O) groups is 1. The first kappa shape index (κ1) is 15.5. The molecule has 2 aliphatic rings. The fourth-order valence-electron chi connectivity index (χ4n) is 5.15. The van der Waals surface area contributed by atoms with Crippen LogP contribution < -0.4 is 0 Å². The van der Waals surface area contributed by atoms with E-state index in [1.807, 2.05) is 42.5 Å². The summed E-state index contributed by atoms with van der Waals surface area (Å²) in [6, 6.07) is 28.9. The lowest BCUT2D eigenvalue weighted by Gasteiger charge is -2.36. The van der Waals surface area contributed by atoms with E-state index in [1.54, 1.807) is 0 Å². The Morgan fingerprint density at radius 1 is 0.731 bits per heavy atom. The molecular formula is C24H20O2. The number of carbonyl (C=O) groups excluding carboxylic acids is 1. The summed E-state index contributed by atoms with van der Waals surface area (Å²) in [5.41, 5.74) is 3.13. The summed E-state index contributed by atoms with van der Waals surface area (Å²) in [5, 5.41) is 0. The van der Waals surface area contributed by atoms with Gasteiger partial charge in [-0.1, -0.05) is 91.9 Å². The van der Waals surface area contributed by atoms with Crippen molar-refractivity contribution in [3.8, 4) is 0 Å². The molecule has 5 rings (SSSR count). The van der Waals surface area contributed by atoms with Gasteiger partial charge in [-0.15, -0.1) is 0 Å². The molecule has 3 aromatic rings. The molecule has 128 valence electrons. The minimum atomic E-state index is -0.727. The van der Waals surface area contributed by atoms with Crippen LogP contribution in [0.25, 0.3) is 0 Å². The maximum Gasteiger partial charge on any atom is 0.130 e. The van der Waals surface area contributed by atoms with Crippen molar-refractivity contribution in [1.82, 2.24) is 0 Å².